The van der Waals surface area contributed by atoms with E-state index in [1.54, 1.807) is 29.9 Å². The molecule has 0 saturated carbocycles. The highest BCUT2D eigenvalue weighted by Crippen LogP contribution is 2.36. The Morgan fingerprint density at radius 1 is 0.939 bits per heavy atom. The van der Waals surface area contributed by atoms with Crippen molar-refractivity contribution in [1.82, 2.24) is 9.29 Å². The molecule has 7 nitrogen and oxygen atoms in total. The van der Waals surface area contributed by atoms with Gasteiger partial charge in [-0.25, -0.2) is 13.4 Å². The number of hydrogen-bond acceptors (Lipinski definition) is 7. The van der Waals surface area contributed by atoms with Crippen LogP contribution in [0.25, 0.3) is 11.3 Å². The summed E-state index contributed by atoms with van der Waals surface area (Å²) in [5.41, 5.74) is 4.34. The predicted molar refractivity (Wildman–Crippen MR) is 132 cm³/mol. The Bertz CT molecular complexity index is 1240. The number of hydrogen-bond donors (Lipinski definition) is 0. The number of benzene rings is 2. The first-order valence-electron chi connectivity index (χ1n) is 10.8. The number of methoxy groups -OCH3 is 2. The first kappa shape index (κ1) is 23.5. The molecule has 1 aliphatic heterocycles. The molecular weight excluding hydrogens is 458 g/mol. The van der Waals surface area contributed by atoms with Crippen LogP contribution in [-0.2, 0) is 10.0 Å². The highest BCUT2D eigenvalue weighted by Gasteiger charge is 2.31. The minimum absolute atomic E-state index is 0.423. The first-order chi connectivity index (χ1) is 15.7. The summed E-state index contributed by atoms with van der Waals surface area (Å²) in [6.07, 6.45) is 0. The van der Waals surface area contributed by atoms with Gasteiger partial charge in [0.15, 0.2) is 5.13 Å². The lowest BCUT2D eigenvalue weighted by Crippen LogP contribution is -2.48. The van der Waals surface area contributed by atoms with Crippen molar-refractivity contribution in [2.24, 2.45) is 0 Å². The summed E-state index contributed by atoms with van der Waals surface area (Å²) in [5, 5.41) is 2.86. The SMILES string of the molecule is COc1ccc(OC)c(-c2csc(N3CCN(S(=O)(=O)c4c(C)cc(C)cc4C)CC3)n2)c1. The summed E-state index contributed by atoms with van der Waals surface area (Å²) in [7, 11) is -0.276. The van der Waals surface area contributed by atoms with Crippen LogP contribution in [0.1, 0.15) is 16.7 Å². The molecule has 0 aliphatic carbocycles. The number of sulfonamides is 1. The van der Waals surface area contributed by atoms with Gasteiger partial charge in [-0.3, -0.25) is 0 Å². The fourth-order valence-corrected chi connectivity index (χ4v) is 7.08. The molecule has 0 bridgehead atoms. The fraction of sp³-hybridized carbons (Fsp3) is 0.375. The maximum absolute atomic E-state index is 13.4. The van der Waals surface area contributed by atoms with E-state index in [0.29, 0.717) is 31.1 Å². The van der Waals surface area contributed by atoms with Gasteiger partial charge < -0.3 is 14.4 Å². The zero-order chi connectivity index (χ0) is 23.8. The molecule has 1 aromatic heterocycles. The number of ether oxygens (including phenoxy) is 2. The zero-order valence-corrected chi connectivity index (χ0v) is 21.2. The lowest BCUT2D eigenvalue weighted by Gasteiger charge is -2.34. The van der Waals surface area contributed by atoms with Gasteiger partial charge >= 0.3 is 0 Å². The number of piperazine rings is 1. The summed E-state index contributed by atoms with van der Waals surface area (Å²) in [6.45, 7) is 7.74. The van der Waals surface area contributed by atoms with Crippen LogP contribution in [0.2, 0.25) is 0 Å². The summed E-state index contributed by atoms with van der Waals surface area (Å²) < 4.78 is 39.2. The van der Waals surface area contributed by atoms with Crippen LogP contribution in [0.5, 0.6) is 11.5 Å². The molecule has 1 aliphatic rings. The Hall–Kier alpha value is -2.62. The van der Waals surface area contributed by atoms with E-state index < -0.39 is 10.0 Å². The Balaban J connectivity index is 1.51. The van der Waals surface area contributed by atoms with Gasteiger partial charge in [0.25, 0.3) is 0 Å². The van der Waals surface area contributed by atoms with E-state index in [2.05, 4.69) is 4.90 Å². The number of nitrogens with zero attached hydrogens (tertiary/aromatic N) is 3. The van der Waals surface area contributed by atoms with Gasteiger partial charge in [-0.05, 0) is 50.1 Å². The highest BCUT2D eigenvalue weighted by molar-refractivity contribution is 7.89. The van der Waals surface area contributed by atoms with Gasteiger partial charge in [0.05, 0.1) is 24.8 Å². The second kappa shape index (κ2) is 9.32. The van der Waals surface area contributed by atoms with Crippen LogP contribution in [0.15, 0.2) is 40.6 Å². The molecule has 0 radical (unpaired) electrons. The lowest BCUT2D eigenvalue weighted by atomic mass is 10.1. The molecular formula is C24H29N3O4S2. The maximum Gasteiger partial charge on any atom is 0.243 e. The standard InChI is InChI=1S/C24H29N3O4S2/c1-16-12-17(2)23(18(3)13-16)33(28,29)27-10-8-26(9-11-27)24-25-21(15-32-24)20-14-19(30-4)6-7-22(20)31-5/h6-7,12-15H,8-11H2,1-5H3. The summed E-state index contributed by atoms with van der Waals surface area (Å²) in [6, 6.07) is 9.49. The van der Waals surface area contributed by atoms with E-state index in [-0.39, 0.29) is 0 Å². The van der Waals surface area contributed by atoms with E-state index in [9.17, 15) is 8.42 Å². The van der Waals surface area contributed by atoms with Crippen LogP contribution in [0.3, 0.4) is 0 Å². The minimum Gasteiger partial charge on any atom is -0.497 e. The third-order valence-electron chi connectivity index (χ3n) is 5.89. The van der Waals surface area contributed by atoms with Crippen molar-refractivity contribution in [3.63, 3.8) is 0 Å². The van der Waals surface area contributed by atoms with Crippen molar-refractivity contribution in [2.75, 3.05) is 45.3 Å². The lowest BCUT2D eigenvalue weighted by molar-refractivity contribution is 0.384. The van der Waals surface area contributed by atoms with Gasteiger partial charge in [0, 0.05) is 37.1 Å². The van der Waals surface area contributed by atoms with Gasteiger partial charge in [0.1, 0.15) is 11.5 Å². The molecule has 0 atom stereocenters. The summed E-state index contributed by atoms with van der Waals surface area (Å²) in [4.78, 5) is 7.39. The van der Waals surface area contributed by atoms with Gasteiger partial charge in [-0.2, -0.15) is 4.31 Å². The number of anilines is 1. The van der Waals surface area contributed by atoms with Crippen molar-refractivity contribution in [2.45, 2.75) is 25.7 Å². The van der Waals surface area contributed by atoms with Crippen LogP contribution in [0, 0.1) is 20.8 Å². The van der Waals surface area contributed by atoms with E-state index in [0.717, 1.165) is 44.6 Å². The quantitative estimate of drug-likeness (QED) is 0.517. The second-order valence-corrected chi connectivity index (χ2v) is 10.9. The Morgan fingerprint density at radius 2 is 1.61 bits per heavy atom. The van der Waals surface area contributed by atoms with Crippen LogP contribution in [-0.4, -0.2) is 58.1 Å². The van der Waals surface area contributed by atoms with E-state index >= 15 is 0 Å². The molecule has 176 valence electrons. The van der Waals surface area contributed by atoms with Crippen molar-refractivity contribution in [3.8, 4) is 22.8 Å². The predicted octanol–water partition coefficient (Wildman–Crippen LogP) is 4.26. The molecule has 1 saturated heterocycles. The molecule has 2 aromatic carbocycles. The van der Waals surface area contributed by atoms with Crippen LogP contribution >= 0.6 is 11.3 Å². The van der Waals surface area contributed by atoms with Crippen molar-refractivity contribution in [3.05, 3.63) is 52.4 Å². The van der Waals surface area contributed by atoms with Crippen molar-refractivity contribution < 1.29 is 17.9 Å². The largest absolute Gasteiger partial charge is 0.497 e. The number of rotatable bonds is 6. The minimum atomic E-state index is -3.54. The summed E-state index contributed by atoms with van der Waals surface area (Å²) in [5.74, 6) is 1.47. The number of aromatic nitrogens is 1. The monoisotopic (exact) mass is 487 g/mol. The third-order valence-corrected chi connectivity index (χ3v) is 8.99. The average Bonchev–Trinajstić information content (AvgIpc) is 3.28. The van der Waals surface area contributed by atoms with Crippen molar-refractivity contribution >= 4 is 26.5 Å². The normalized spacial score (nSPS) is 15.0. The second-order valence-electron chi connectivity index (χ2n) is 8.20. The molecule has 33 heavy (non-hydrogen) atoms. The molecule has 1 fully saturated rings. The molecule has 0 N–H and O–H groups in total. The smallest absolute Gasteiger partial charge is 0.243 e. The Labute approximate surface area is 199 Å². The molecule has 3 aromatic rings. The number of aryl methyl sites for hydroxylation is 3. The molecule has 4 rings (SSSR count). The zero-order valence-electron chi connectivity index (χ0n) is 19.6. The van der Waals surface area contributed by atoms with Crippen molar-refractivity contribution in [1.29, 1.82) is 0 Å². The van der Waals surface area contributed by atoms with Gasteiger partial charge in [-0.15, -0.1) is 11.3 Å². The van der Waals surface area contributed by atoms with Gasteiger partial charge in [-0.1, -0.05) is 17.7 Å². The maximum atomic E-state index is 13.4. The molecule has 2 heterocycles. The van der Waals surface area contributed by atoms with E-state index in [4.69, 9.17) is 14.5 Å². The van der Waals surface area contributed by atoms with E-state index in [1.165, 1.54) is 0 Å². The molecule has 0 amide bonds. The fourth-order valence-electron chi connectivity index (χ4n) is 4.37. The first-order valence-corrected chi connectivity index (χ1v) is 13.1. The Kier molecular flexibility index (Phi) is 6.65. The topological polar surface area (TPSA) is 72.0 Å². The highest BCUT2D eigenvalue weighted by atomic mass is 32.2. The molecule has 0 spiro atoms. The van der Waals surface area contributed by atoms with Gasteiger partial charge in [0.2, 0.25) is 10.0 Å². The molecule has 9 heteroatoms. The van der Waals surface area contributed by atoms with Crippen LogP contribution < -0.4 is 14.4 Å². The van der Waals surface area contributed by atoms with E-state index in [1.807, 2.05) is 56.5 Å². The number of thiazole rings is 1. The van der Waals surface area contributed by atoms with Crippen LogP contribution in [0.4, 0.5) is 5.13 Å². The molecule has 0 unspecified atom stereocenters. The average molecular weight is 488 g/mol. The summed E-state index contributed by atoms with van der Waals surface area (Å²) >= 11 is 1.55. The Morgan fingerprint density at radius 3 is 2.21 bits per heavy atom. The third kappa shape index (κ3) is 4.58.